The average molecular weight is 273 g/mol. The fraction of sp³-hybridized carbons (Fsp3) is 0.538. The number of hydrogen-bond acceptors (Lipinski definition) is 3. The van der Waals surface area contributed by atoms with Gasteiger partial charge >= 0.3 is 0 Å². The van der Waals surface area contributed by atoms with Crippen molar-refractivity contribution in [3.63, 3.8) is 0 Å². The van der Waals surface area contributed by atoms with Gasteiger partial charge in [-0.1, -0.05) is 17.7 Å². The molecule has 1 N–H and O–H groups in total. The van der Waals surface area contributed by atoms with E-state index in [0.717, 1.165) is 5.56 Å². The number of hydrogen-bond donors (Lipinski definition) is 1. The number of nitrogens with one attached hydrogen (secondary N) is 1. The molecular formula is C13H20FNO2S. The van der Waals surface area contributed by atoms with Crippen molar-refractivity contribution >= 4 is 9.84 Å². The van der Waals surface area contributed by atoms with Crippen LogP contribution in [0, 0.1) is 12.7 Å². The van der Waals surface area contributed by atoms with Crippen molar-refractivity contribution in [1.82, 2.24) is 5.32 Å². The Hall–Kier alpha value is -0.940. The van der Waals surface area contributed by atoms with Crippen LogP contribution >= 0.6 is 0 Å². The lowest BCUT2D eigenvalue weighted by atomic mass is 9.93. The van der Waals surface area contributed by atoms with Gasteiger partial charge in [-0.15, -0.1) is 0 Å². The Bertz CT molecular complexity index is 538. The normalized spacial score (nSPS) is 14.6. The molecule has 1 aromatic rings. The van der Waals surface area contributed by atoms with E-state index in [1.807, 2.05) is 6.92 Å². The molecule has 3 nitrogen and oxygen atoms in total. The molecule has 0 aliphatic carbocycles. The number of rotatable bonds is 4. The molecule has 0 aliphatic heterocycles. The van der Waals surface area contributed by atoms with E-state index in [1.54, 1.807) is 33.0 Å². The average Bonchev–Trinajstić information content (AvgIpc) is 2.22. The van der Waals surface area contributed by atoms with Crippen molar-refractivity contribution in [2.45, 2.75) is 31.6 Å². The lowest BCUT2D eigenvalue weighted by molar-refractivity contribution is 0.430. The zero-order chi connectivity index (χ0) is 14.1. The molecular weight excluding hydrogens is 253 g/mol. The first-order chi connectivity index (χ1) is 8.11. The van der Waals surface area contributed by atoms with Crippen LogP contribution in [-0.2, 0) is 9.84 Å². The van der Waals surface area contributed by atoms with Crippen LogP contribution in [0.25, 0.3) is 0 Å². The molecule has 1 rings (SSSR count). The first-order valence-corrected chi connectivity index (χ1v) is 7.63. The molecule has 1 atom stereocenters. The van der Waals surface area contributed by atoms with Gasteiger partial charge in [-0.2, -0.15) is 0 Å². The molecule has 0 saturated carbocycles. The van der Waals surface area contributed by atoms with Crippen LogP contribution in [0.3, 0.4) is 0 Å². The molecule has 1 unspecified atom stereocenters. The molecule has 0 aromatic heterocycles. The van der Waals surface area contributed by atoms with Gasteiger partial charge in [0.2, 0.25) is 0 Å². The van der Waals surface area contributed by atoms with E-state index in [0.29, 0.717) is 5.56 Å². The summed E-state index contributed by atoms with van der Waals surface area (Å²) in [4.78, 5) is 0. The van der Waals surface area contributed by atoms with Gasteiger partial charge in [0.05, 0.1) is 10.8 Å². The monoisotopic (exact) mass is 273 g/mol. The molecule has 0 saturated heterocycles. The summed E-state index contributed by atoms with van der Waals surface area (Å²) in [6.45, 7) is 5.06. The predicted octanol–water partition coefficient (Wildman–Crippen LogP) is 2.22. The van der Waals surface area contributed by atoms with E-state index in [1.165, 1.54) is 12.3 Å². The summed E-state index contributed by atoms with van der Waals surface area (Å²) in [6.07, 6.45) is 1.17. The molecule has 102 valence electrons. The molecule has 0 heterocycles. The quantitative estimate of drug-likeness (QED) is 0.915. The summed E-state index contributed by atoms with van der Waals surface area (Å²) >= 11 is 0. The first-order valence-electron chi connectivity index (χ1n) is 5.74. The zero-order valence-corrected chi connectivity index (χ0v) is 12.2. The number of halogens is 1. The number of aryl methyl sites for hydroxylation is 1. The fourth-order valence-electron chi connectivity index (χ4n) is 1.98. The van der Waals surface area contributed by atoms with E-state index >= 15 is 0 Å². The van der Waals surface area contributed by atoms with Gasteiger partial charge in [0.15, 0.2) is 9.84 Å². The zero-order valence-electron chi connectivity index (χ0n) is 11.4. The minimum absolute atomic E-state index is 0.382. The third-order valence-corrected chi connectivity index (χ3v) is 5.55. The van der Waals surface area contributed by atoms with Crippen molar-refractivity contribution in [3.05, 3.63) is 35.1 Å². The molecule has 0 aliphatic rings. The summed E-state index contributed by atoms with van der Waals surface area (Å²) in [6, 6.07) is 4.13. The highest BCUT2D eigenvalue weighted by atomic mass is 32.2. The summed E-state index contributed by atoms with van der Waals surface area (Å²) < 4.78 is 36.5. The second kappa shape index (κ2) is 4.97. The van der Waals surface area contributed by atoms with E-state index in [9.17, 15) is 12.8 Å². The summed E-state index contributed by atoms with van der Waals surface area (Å²) in [5.41, 5.74) is 1.28. The van der Waals surface area contributed by atoms with Gasteiger partial charge in [0, 0.05) is 11.8 Å². The Morgan fingerprint density at radius 2 is 1.89 bits per heavy atom. The highest BCUT2D eigenvalue weighted by molar-refractivity contribution is 7.92. The molecule has 5 heteroatoms. The summed E-state index contributed by atoms with van der Waals surface area (Å²) in [5.74, 6) is -0.392. The second-order valence-corrected chi connectivity index (χ2v) is 7.72. The Kier molecular flexibility index (Phi) is 4.18. The van der Waals surface area contributed by atoms with Crippen LogP contribution in [0.1, 0.15) is 31.0 Å². The van der Waals surface area contributed by atoms with E-state index in [-0.39, 0.29) is 0 Å². The summed E-state index contributed by atoms with van der Waals surface area (Å²) in [7, 11) is -1.68. The van der Waals surface area contributed by atoms with Crippen LogP contribution in [0.15, 0.2) is 18.2 Å². The Labute approximate surface area is 108 Å². The van der Waals surface area contributed by atoms with Crippen molar-refractivity contribution in [2.24, 2.45) is 0 Å². The fourth-order valence-corrected chi connectivity index (χ4v) is 2.65. The molecule has 0 bridgehead atoms. The van der Waals surface area contributed by atoms with Gasteiger partial charge in [0.25, 0.3) is 0 Å². The van der Waals surface area contributed by atoms with Crippen molar-refractivity contribution in [3.8, 4) is 0 Å². The molecule has 1 aromatic carbocycles. The molecule has 0 radical (unpaired) electrons. The molecule has 0 fully saturated rings. The van der Waals surface area contributed by atoms with Crippen LogP contribution in [0.4, 0.5) is 4.39 Å². The predicted molar refractivity (Wildman–Crippen MR) is 71.9 cm³/mol. The lowest BCUT2D eigenvalue weighted by Crippen LogP contribution is -2.44. The van der Waals surface area contributed by atoms with Crippen LogP contribution in [0.2, 0.25) is 0 Å². The molecule has 0 amide bonds. The maximum atomic E-state index is 13.9. The molecule has 18 heavy (non-hydrogen) atoms. The summed E-state index contributed by atoms with van der Waals surface area (Å²) in [5, 5.41) is 2.91. The topological polar surface area (TPSA) is 46.2 Å². The van der Waals surface area contributed by atoms with Crippen LogP contribution in [-0.4, -0.2) is 26.5 Å². The largest absolute Gasteiger partial charge is 0.312 e. The Morgan fingerprint density at radius 3 is 2.33 bits per heavy atom. The molecule has 0 spiro atoms. The van der Waals surface area contributed by atoms with Crippen LogP contribution in [0.5, 0.6) is 0 Å². The van der Waals surface area contributed by atoms with Crippen molar-refractivity contribution in [1.29, 1.82) is 0 Å². The standard InChI is InChI=1S/C13H20FNO2S/c1-9-6-7-11(14)10(8-9)12(15-4)13(2,3)18(5,16)17/h6-8,12,15H,1-5H3. The van der Waals surface area contributed by atoms with Gasteiger partial charge in [0.1, 0.15) is 5.82 Å². The van der Waals surface area contributed by atoms with Gasteiger partial charge < -0.3 is 5.32 Å². The third-order valence-electron chi connectivity index (χ3n) is 3.40. The van der Waals surface area contributed by atoms with Crippen molar-refractivity contribution in [2.75, 3.05) is 13.3 Å². The first kappa shape index (κ1) is 15.1. The highest BCUT2D eigenvalue weighted by Gasteiger charge is 2.40. The lowest BCUT2D eigenvalue weighted by Gasteiger charge is -2.33. The van der Waals surface area contributed by atoms with Crippen LogP contribution < -0.4 is 5.32 Å². The third kappa shape index (κ3) is 2.72. The van der Waals surface area contributed by atoms with Gasteiger partial charge in [-0.05, 0) is 33.9 Å². The smallest absolute Gasteiger partial charge is 0.154 e. The van der Waals surface area contributed by atoms with E-state index in [2.05, 4.69) is 5.32 Å². The Morgan fingerprint density at radius 1 is 1.33 bits per heavy atom. The second-order valence-electron chi connectivity index (χ2n) is 5.12. The van der Waals surface area contributed by atoms with Crippen molar-refractivity contribution < 1.29 is 12.8 Å². The number of sulfone groups is 1. The highest BCUT2D eigenvalue weighted by Crippen LogP contribution is 2.33. The van der Waals surface area contributed by atoms with E-state index in [4.69, 9.17) is 0 Å². The van der Waals surface area contributed by atoms with E-state index < -0.39 is 26.4 Å². The van der Waals surface area contributed by atoms with Gasteiger partial charge in [-0.3, -0.25) is 0 Å². The number of benzene rings is 1. The minimum Gasteiger partial charge on any atom is -0.312 e. The SMILES string of the molecule is CNC(c1cc(C)ccc1F)C(C)(C)S(C)(=O)=O. The minimum atomic E-state index is -3.32. The maximum absolute atomic E-state index is 13.9. The Balaban J connectivity index is 3.39. The van der Waals surface area contributed by atoms with Gasteiger partial charge in [-0.25, -0.2) is 12.8 Å². The maximum Gasteiger partial charge on any atom is 0.154 e.